The summed E-state index contributed by atoms with van der Waals surface area (Å²) in [6.45, 7) is 6.85. The summed E-state index contributed by atoms with van der Waals surface area (Å²) in [4.78, 5) is 16.8. The zero-order chi connectivity index (χ0) is 12.4. The van der Waals surface area contributed by atoms with Gasteiger partial charge in [0.1, 0.15) is 0 Å². The number of carbonyl (C=O) groups excluding carboxylic acids is 1. The van der Waals surface area contributed by atoms with E-state index in [9.17, 15) is 4.79 Å². The number of amides is 1. The van der Waals surface area contributed by atoms with Crippen LogP contribution in [0, 0.1) is 5.92 Å². The van der Waals surface area contributed by atoms with Crippen LogP contribution in [0.25, 0.3) is 0 Å². The molecule has 3 aliphatic rings. The maximum atomic E-state index is 12.4. The van der Waals surface area contributed by atoms with Crippen LogP contribution >= 0.6 is 0 Å². The Morgan fingerprint density at radius 1 is 1.22 bits per heavy atom. The number of ether oxygens (including phenoxy) is 2. The first-order valence-corrected chi connectivity index (χ1v) is 7.03. The summed E-state index contributed by atoms with van der Waals surface area (Å²) in [5.74, 6) is 0.523. The average Bonchev–Trinajstić information content (AvgIpc) is 3.23. The Morgan fingerprint density at radius 3 is 2.72 bits per heavy atom. The standard InChI is InChI=1S/C13H22N2O3/c16-13(15-4-6-17-7-5-15)11-2-1-3-14(8-11)9-12-10-18-12/h11-12H,1-10H2. The van der Waals surface area contributed by atoms with Gasteiger partial charge in [-0.2, -0.15) is 0 Å². The van der Waals surface area contributed by atoms with E-state index in [2.05, 4.69) is 4.90 Å². The van der Waals surface area contributed by atoms with E-state index in [1.165, 1.54) is 0 Å². The first-order valence-electron chi connectivity index (χ1n) is 7.03. The van der Waals surface area contributed by atoms with Crippen molar-refractivity contribution < 1.29 is 14.3 Å². The number of rotatable bonds is 3. The second kappa shape index (κ2) is 5.55. The van der Waals surface area contributed by atoms with Crippen LogP contribution in [0.1, 0.15) is 12.8 Å². The van der Waals surface area contributed by atoms with Gasteiger partial charge in [-0.15, -0.1) is 0 Å². The molecule has 3 saturated heterocycles. The summed E-state index contributed by atoms with van der Waals surface area (Å²) in [6.07, 6.45) is 2.60. The van der Waals surface area contributed by atoms with Crippen molar-refractivity contribution in [2.75, 3.05) is 52.5 Å². The second-order valence-electron chi connectivity index (χ2n) is 5.49. The highest BCUT2D eigenvalue weighted by molar-refractivity contribution is 5.79. The fourth-order valence-electron chi connectivity index (χ4n) is 2.93. The van der Waals surface area contributed by atoms with Gasteiger partial charge >= 0.3 is 0 Å². The molecule has 0 aromatic carbocycles. The molecule has 102 valence electrons. The molecule has 0 aliphatic carbocycles. The van der Waals surface area contributed by atoms with Crippen LogP contribution in [0.4, 0.5) is 0 Å². The Hall–Kier alpha value is -0.650. The minimum absolute atomic E-state index is 0.190. The van der Waals surface area contributed by atoms with E-state index < -0.39 is 0 Å². The number of hydrogen-bond donors (Lipinski definition) is 0. The van der Waals surface area contributed by atoms with Gasteiger partial charge in [0.2, 0.25) is 5.91 Å². The molecule has 1 amide bonds. The van der Waals surface area contributed by atoms with Crippen molar-refractivity contribution in [2.45, 2.75) is 18.9 Å². The molecule has 0 spiro atoms. The molecule has 3 fully saturated rings. The number of piperidine rings is 1. The molecule has 18 heavy (non-hydrogen) atoms. The Balaban J connectivity index is 1.51. The van der Waals surface area contributed by atoms with Gasteiger partial charge in [0, 0.05) is 26.2 Å². The van der Waals surface area contributed by atoms with Crippen molar-refractivity contribution in [1.82, 2.24) is 9.80 Å². The topological polar surface area (TPSA) is 45.3 Å². The third-order valence-corrected chi connectivity index (χ3v) is 4.04. The van der Waals surface area contributed by atoms with Gasteiger partial charge in [0.15, 0.2) is 0 Å². The molecule has 3 rings (SSSR count). The van der Waals surface area contributed by atoms with Crippen molar-refractivity contribution in [3.05, 3.63) is 0 Å². The molecule has 2 atom stereocenters. The van der Waals surface area contributed by atoms with E-state index in [-0.39, 0.29) is 5.92 Å². The van der Waals surface area contributed by atoms with E-state index in [1.807, 2.05) is 4.90 Å². The summed E-state index contributed by atoms with van der Waals surface area (Å²) in [7, 11) is 0. The van der Waals surface area contributed by atoms with Crippen molar-refractivity contribution in [3.8, 4) is 0 Å². The molecular formula is C13H22N2O3. The third-order valence-electron chi connectivity index (χ3n) is 4.04. The average molecular weight is 254 g/mol. The zero-order valence-electron chi connectivity index (χ0n) is 10.8. The summed E-state index contributed by atoms with van der Waals surface area (Å²) in [5, 5.41) is 0. The monoisotopic (exact) mass is 254 g/mol. The van der Waals surface area contributed by atoms with Gasteiger partial charge in [-0.25, -0.2) is 0 Å². The maximum absolute atomic E-state index is 12.4. The zero-order valence-corrected chi connectivity index (χ0v) is 10.8. The van der Waals surface area contributed by atoms with Crippen LogP contribution in [0.15, 0.2) is 0 Å². The van der Waals surface area contributed by atoms with Gasteiger partial charge < -0.3 is 14.4 Å². The quantitative estimate of drug-likeness (QED) is 0.663. The first kappa shape index (κ1) is 12.4. The van der Waals surface area contributed by atoms with Gasteiger partial charge in [-0.3, -0.25) is 9.69 Å². The molecule has 0 N–H and O–H groups in total. The third kappa shape index (κ3) is 3.02. The Morgan fingerprint density at radius 2 is 2.00 bits per heavy atom. The molecule has 0 saturated carbocycles. The number of morpholine rings is 1. The lowest BCUT2D eigenvalue weighted by molar-refractivity contribution is -0.141. The normalized spacial score (nSPS) is 33.4. The molecular weight excluding hydrogens is 232 g/mol. The lowest BCUT2D eigenvalue weighted by Crippen LogP contribution is -2.48. The number of hydrogen-bond acceptors (Lipinski definition) is 4. The van der Waals surface area contributed by atoms with Crippen LogP contribution in [-0.4, -0.2) is 74.4 Å². The lowest BCUT2D eigenvalue weighted by atomic mass is 9.96. The lowest BCUT2D eigenvalue weighted by Gasteiger charge is -2.36. The maximum Gasteiger partial charge on any atom is 0.227 e. The van der Waals surface area contributed by atoms with Crippen LogP contribution < -0.4 is 0 Å². The smallest absolute Gasteiger partial charge is 0.227 e. The highest BCUT2D eigenvalue weighted by atomic mass is 16.6. The Kier molecular flexibility index (Phi) is 3.82. The molecule has 5 heteroatoms. The number of carbonyl (C=O) groups is 1. The van der Waals surface area contributed by atoms with Crippen molar-refractivity contribution in [1.29, 1.82) is 0 Å². The predicted molar refractivity (Wildman–Crippen MR) is 66.3 cm³/mol. The van der Waals surface area contributed by atoms with Crippen molar-refractivity contribution >= 4 is 5.91 Å². The van der Waals surface area contributed by atoms with E-state index >= 15 is 0 Å². The van der Waals surface area contributed by atoms with E-state index in [4.69, 9.17) is 9.47 Å². The number of likely N-dealkylation sites (tertiary alicyclic amines) is 1. The molecule has 5 nitrogen and oxygen atoms in total. The fraction of sp³-hybridized carbons (Fsp3) is 0.923. The number of epoxide rings is 1. The summed E-state index contributed by atoms with van der Waals surface area (Å²) >= 11 is 0. The summed E-state index contributed by atoms with van der Waals surface area (Å²) in [5.41, 5.74) is 0. The van der Waals surface area contributed by atoms with Crippen LogP contribution in [-0.2, 0) is 14.3 Å². The largest absolute Gasteiger partial charge is 0.378 e. The highest BCUT2D eigenvalue weighted by Gasteiger charge is 2.33. The second-order valence-corrected chi connectivity index (χ2v) is 5.49. The SMILES string of the molecule is O=C(C1CCCN(CC2CO2)C1)N1CCOCC1. The van der Waals surface area contributed by atoms with Gasteiger partial charge in [-0.05, 0) is 19.4 Å². The van der Waals surface area contributed by atoms with Crippen molar-refractivity contribution in [3.63, 3.8) is 0 Å². The molecule has 2 unspecified atom stereocenters. The minimum atomic E-state index is 0.190. The van der Waals surface area contributed by atoms with E-state index in [0.717, 1.165) is 52.2 Å². The predicted octanol–water partition coefficient (Wildman–Crippen LogP) is -0.0440. The molecule has 0 aromatic rings. The van der Waals surface area contributed by atoms with Crippen LogP contribution in [0.3, 0.4) is 0 Å². The fourth-order valence-corrected chi connectivity index (χ4v) is 2.93. The Bertz CT molecular complexity index is 301. The van der Waals surface area contributed by atoms with Crippen molar-refractivity contribution in [2.24, 2.45) is 5.92 Å². The van der Waals surface area contributed by atoms with E-state index in [0.29, 0.717) is 25.2 Å². The van der Waals surface area contributed by atoms with Gasteiger partial charge in [0.05, 0.1) is 31.8 Å². The first-order chi connectivity index (χ1) is 8.83. The molecule has 3 aliphatic heterocycles. The van der Waals surface area contributed by atoms with Gasteiger partial charge in [-0.1, -0.05) is 0 Å². The summed E-state index contributed by atoms with van der Waals surface area (Å²) < 4.78 is 10.6. The molecule has 0 radical (unpaired) electrons. The summed E-state index contributed by atoms with van der Waals surface area (Å²) in [6, 6.07) is 0. The number of nitrogens with zero attached hydrogens (tertiary/aromatic N) is 2. The van der Waals surface area contributed by atoms with Crippen LogP contribution in [0.5, 0.6) is 0 Å². The molecule has 3 heterocycles. The van der Waals surface area contributed by atoms with Crippen LogP contribution in [0.2, 0.25) is 0 Å². The van der Waals surface area contributed by atoms with E-state index in [1.54, 1.807) is 0 Å². The highest BCUT2D eigenvalue weighted by Crippen LogP contribution is 2.21. The molecule has 0 bridgehead atoms. The minimum Gasteiger partial charge on any atom is -0.378 e. The van der Waals surface area contributed by atoms with Gasteiger partial charge in [0.25, 0.3) is 0 Å². The molecule has 0 aromatic heterocycles. The Labute approximate surface area is 108 Å².